The van der Waals surface area contributed by atoms with Crippen LogP contribution in [-0.4, -0.2) is 11.9 Å². The van der Waals surface area contributed by atoms with Crippen LogP contribution in [0.3, 0.4) is 0 Å². The van der Waals surface area contributed by atoms with E-state index in [4.69, 9.17) is 16.3 Å². The van der Waals surface area contributed by atoms with Crippen molar-refractivity contribution in [2.45, 2.75) is 0 Å². The Hall–Kier alpha value is -2.92. The van der Waals surface area contributed by atoms with E-state index < -0.39 is 18.6 Å². The molecular formula is C21H13BClF2NO. The van der Waals surface area contributed by atoms with Crippen molar-refractivity contribution in [3.8, 4) is 5.75 Å². The molecule has 27 heavy (non-hydrogen) atoms. The smallest absolute Gasteiger partial charge is 0.426 e. The van der Waals surface area contributed by atoms with E-state index in [0.29, 0.717) is 21.8 Å². The zero-order chi connectivity index (χ0) is 18.8. The highest BCUT2D eigenvalue weighted by Gasteiger charge is 2.26. The van der Waals surface area contributed by atoms with E-state index in [1.807, 2.05) is 24.3 Å². The van der Waals surface area contributed by atoms with E-state index in [0.717, 1.165) is 23.0 Å². The Morgan fingerprint density at radius 3 is 2.33 bits per heavy atom. The van der Waals surface area contributed by atoms with Crippen molar-refractivity contribution >= 4 is 40.3 Å². The number of aromatic nitrogens is 1. The monoisotopic (exact) mass is 379 g/mol. The van der Waals surface area contributed by atoms with Gasteiger partial charge in [0.25, 0.3) is 0 Å². The van der Waals surface area contributed by atoms with Gasteiger partial charge in [-0.2, -0.15) is 0 Å². The summed E-state index contributed by atoms with van der Waals surface area (Å²) in [7, 11) is 0. The van der Waals surface area contributed by atoms with Crippen LogP contribution in [0.4, 0.5) is 8.78 Å². The molecule has 3 aromatic carbocycles. The predicted octanol–water partition coefficient (Wildman–Crippen LogP) is 4.35. The van der Waals surface area contributed by atoms with Crippen LogP contribution in [-0.2, 0) is 0 Å². The molecule has 0 fully saturated rings. The van der Waals surface area contributed by atoms with Gasteiger partial charge in [-0.3, -0.25) is 4.98 Å². The lowest BCUT2D eigenvalue weighted by Gasteiger charge is -2.18. The van der Waals surface area contributed by atoms with Crippen LogP contribution in [0.15, 0.2) is 79.0 Å². The lowest BCUT2D eigenvalue weighted by atomic mass is 9.55. The molecule has 1 heterocycles. The van der Waals surface area contributed by atoms with Gasteiger partial charge < -0.3 is 4.65 Å². The average Bonchev–Trinajstić information content (AvgIpc) is 2.69. The minimum atomic E-state index is -0.925. The minimum Gasteiger partial charge on any atom is -0.550 e. The second-order valence-electron chi connectivity index (χ2n) is 6.05. The summed E-state index contributed by atoms with van der Waals surface area (Å²) in [5.74, 6) is -1.27. The highest BCUT2D eigenvalue weighted by Crippen LogP contribution is 2.23. The zero-order valence-corrected chi connectivity index (χ0v) is 14.8. The SMILES string of the molecule is Fc1ccc(B(Oc2cccc3cccnc23)c2ccc(Cl)cc2)cc1F. The highest BCUT2D eigenvalue weighted by atomic mass is 35.5. The number of pyridine rings is 1. The molecule has 0 saturated heterocycles. The van der Waals surface area contributed by atoms with E-state index >= 15 is 0 Å². The van der Waals surface area contributed by atoms with Gasteiger partial charge in [0.15, 0.2) is 11.6 Å². The van der Waals surface area contributed by atoms with Crippen molar-refractivity contribution in [1.29, 1.82) is 0 Å². The number of fused-ring (bicyclic) bond motifs is 1. The Morgan fingerprint density at radius 1 is 0.815 bits per heavy atom. The minimum absolute atomic E-state index is 0.490. The molecule has 0 aliphatic heterocycles. The summed E-state index contributed by atoms with van der Waals surface area (Å²) in [6.07, 6.45) is 1.68. The van der Waals surface area contributed by atoms with Crippen LogP contribution in [0, 0.1) is 11.6 Å². The fourth-order valence-corrected chi connectivity index (χ4v) is 3.07. The summed E-state index contributed by atoms with van der Waals surface area (Å²) in [5, 5.41) is 1.50. The van der Waals surface area contributed by atoms with Crippen molar-refractivity contribution in [3.05, 3.63) is 95.7 Å². The van der Waals surface area contributed by atoms with Gasteiger partial charge in [-0.1, -0.05) is 48.0 Å². The van der Waals surface area contributed by atoms with Gasteiger partial charge in [0.05, 0.1) is 0 Å². The van der Waals surface area contributed by atoms with Crippen LogP contribution in [0.1, 0.15) is 0 Å². The van der Waals surface area contributed by atoms with Gasteiger partial charge in [-0.05, 0) is 47.3 Å². The van der Waals surface area contributed by atoms with Crippen LogP contribution in [0.25, 0.3) is 10.9 Å². The maximum Gasteiger partial charge on any atom is 0.426 e. The quantitative estimate of drug-likeness (QED) is 0.492. The molecule has 6 heteroatoms. The summed E-state index contributed by atoms with van der Waals surface area (Å²) in [6.45, 7) is -0.648. The third-order valence-corrected chi connectivity index (χ3v) is 4.51. The molecule has 0 radical (unpaired) electrons. The van der Waals surface area contributed by atoms with Crippen LogP contribution >= 0.6 is 11.6 Å². The van der Waals surface area contributed by atoms with Crippen LogP contribution in [0.5, 0.6) is 5.75 Å². The van der Waals surface area contributed by atoms with E-state index in [-0.39, 0.29) is 0 Å². The molecule has 0 atom stereocenters. The predicted molar refractivity (Wildman–Crippen MR) is 105 cm³/mol. The fourth-order valence-electron chi connectivity index (χ4n) is 2.94. The molecule has 2 nitrogen and oxygen atoms in total. The van der Waals surface area contributed by atoms with Crippen molar-refractivity contribution in [2.24, 2.45) is 0 Å². The Kier molecular flexibility index (Phi) is 4.78. The molecule has 0 aliphatic carbocycles. The van der Waals surface area contributed by atoms with Gasteiger partial charge >= 0.3 is 6.92 Å². The number of rotatable bonds is 4. The van der Waals surface area contributed by atoms with Crippen molar-refractivity contribution in [3.63, 3.8) is 0 Å². The normalized spacial score (nSPS) is 10.8. The number of nitrogens with zero attached hydrogens (tertiary/aromatic N) is 1. The highest BCUT2D eigenvalue weighted by molar-refractivity contribution is 6.80. The first-order valence-corrected chi connectivity index (χ1v) is 8.70. The van der Waals surface area contributed by atoms with E-state index in [2.05, 4.69) is 4.98 Å². The molecule has 0 N–H and O–H groups in total. The number of benzene rings is 3. The molecule has 132 valence electrons. The topological polar surface area (TPSA) is 22.1 Å². The summed E-state index contributed by atoms with van der Waals surface area (Å²) >= 11 is 5.99. The molecule has 0 bridgehead atoms. The Balaban J connectivity index is 1.82. The Labute approximate surface area is 160 Å². The van der Waals surface area contributed by atoms with Gasteiger partial charge in [-0.25, -0.2) is 8.78 Å². The lowest BCUT2D eigenvalue weighted by molar-refractivity contribution is 0.509. The molecule has 4 aromatic rings. The van der Waals surface area contributed by atoms with E-state index in [1.54, 1.807) is 36.5 Å². The first-order chi connectivity index (χ1) is 13.1. The number of halogens is 3. The summed E-state index contributed by atoms with van der Waals surface area (Å²) in [6, 6.07) is 20.2. The first-order valence-electron chi connectivity index (χ1n) is 8.32. The van der Waals surface area contributed by atoms with Crippen LogP contribution < -0.4 is 15.6 Å². The standard InChI is InChI=1S/C21H13BClF2NO/c23-17-9-6-15(7-10-17)22(16-8-11-18(24)19(25)13-16)27-20-5-1-3-14-4-2-12-26-21(14)20/h1-13H. The third kappa shape index (κ3) is 3.64. The molecule has 4 rings (SSSR count). The van der Waals surface area contributed by atoms with Crippen molar-refractivity contribution < 1.29 is 13.4 Å². The molecule has 0 unspecified atom stereocenters. The number of para-hydroxylation sites is 1. The van der Waals surface area contributed by atoms with Crippen molar-refractivity contribution in [1.82, 2.24) is 4.98 Å². The second-order valence-corrected chi connectivity index (χ2v) is 6.49. The number of hydrogen-bond acceptors (Lipinski definition) is 2. The van der Waals surface area contributed by atoms with E-state index in [9.17, 15) is 8.78 Å². The summed E-state index contributed by atoms with van der Waals surface area (Å²) in [4.78, 5) is 4.39. The number of hydrogen-bond donors (Lipinski definition) is 0. The summed E-state index contributed by atoms with van der Waals surface area (Å²) < 4.78 is 33.5. The van der Waals surface area contributed by atoms with Crippen molar-refractivity contribution in [2.75, 3.05) is 0 Å². The van der Waals surface area contributed by atoms with Crippen LogP contribution in [0.2, 0.25) is 5.02 Å². The van der Waals surface area contributed by atoms with Gasteiger partial charge in [0.2, 0.25) is 0 Å². The maximum atomic E-state index is 13.8. The zero-order valence-electron chi connectivity index (χ0n) is 14.1. The van der Waals surface area contributed by atoms with Gasteiger partial charge in [0.1, 0.15) is 11.3 Å². The van der Waals surface area contributed by atoms with E-state index in [1.165, 1.54) is 6.07 Å². The Morgan fingerprint density at radius 2 is 1.56 bits per heavy atom. The molecule has 1 aromatic heterocycles. The Bertz CT molecular complexity index is 1100. The summed E-state index contributed by atoms with van der Waals surface area (Å²) in [5.41, 5.74) is 1.95. The van der Waals surface area contributed by atoms with Gasteiger partial charge in [0, 0.05) is 16.6 Å². The molecular weight excluding hydrogens is 366 g/mol. The molecule has 0 spiro atoms. The maximum absolute atomic E-state index is 13.8. The second kappa shape index (κ2) is 7.37. The first kappa shape index (κ1) is 17.5. The van der Waals surface area contributed by atoms with Gasteiger partial charge in [-0.15, -0.1) is 0 Å². The molecule has 0 aliphatic rings. The largest absolute Gasteiger partial charge is 0.550 e. The fraction of sp³-hybridized carbons (Fsp3) is 0. The third-order valence-electron chi connectivity index (χ3n) is 4.26. The molecule has 0 amide bonds. The lowest BCUT2D eigenvalue weighted by Crippen LogP contribution is -2.47. The molecule has 0 saturated carbocycles. The average molecular weight is 380 g/mol.